The fraction of sp³-hybridized carbons (Fsp3) is 0.0667. The van der Waals surface area contributed by atoms with E-state index in [2.05, 4.69) is 9.88 Å². The van der Waals surface area contributed by atoms with E-state index in [4.69, 9.17) is 10.3 Å². The molecule has 0 saturated carbocycles. The molecule has 3 aromatic rings. The van der Waals surface area contributed by atoms with Crippen LogP contribution >= 0.6 is 11.3 Å². The zero-order valence-electron chi connectivity index (χ0n) is 12.3. The summed E-state index contributed by atoms with van der Waals surface area (Å²) in [7, 11) is -3.79. The highest BCUT2D eigenvalue weighted by Gasteiger charge is 2.25. The highest BCUT2D eigenvalue weighted by atomic mass is 32.2. The van der Waals surface area contributed by atoms with Gasteiger partial charge in [-0.2, -0.15) is 11.3 Å². The Morgan fingerprint density at radius 1 is 1.25 bits per heavy atom. The third kappa shape index (κ3) is 3.47. The first kappa shape index (κ1) is 16.2. The standard InChI is InChI=1S/C15H13N3O4S2/c16-14(19)12-13(11-6-7-23-8-11)17-22-15(12)18-24(20,21)9-10-4-2-1-3-5-10/h1-8,18H,9H2,(H2,16,19). The van der Waals surface area contributed by atoms with Gasteiger partial charge < -0.3 is 10.3 Å². The van der Waals surface area contributed by atoms with Gasteiger partial charge in [0.2, 0.25) is 10.0 Å². The van der Waals surface area contributed by atoms with Crippen LogP contribution in [0.5, 0.6) is 0 Å². The number of anilines is 1. The fourth-order valence-electron chi connectivity index (χ4n) is 2.16. The molecule has 0 spiro atoms. The smallest absolute Gasteiger partial charge is 0.256 e. The van der Waals surface area contributed by atoms with Gasteiger partial charge in [-0.25, -0.2) is 13.1 Å². The summed E-state index contributed by atoms with van der Waals surface area (Å²) in [5, 5.41) is 7.33. The van der Waals surface area contributed by atoms with Crippen LogP contribution < -0.4 is 10.5 Å². The molecule has 0 aliphatic rings. The molecule has 1 amide bonds. The highest BCUT2D eigenvalue weighted by molar-refractivity contribution is 7.91. The number of amides is 1. The van der Waals surface area contributed by atoms with Crippen molar-refractivity contribution in [3.8, 4) is 11.3 Å². The van der Waals surface area contributed by atoms with Crippen molar-refractivity contribution >= 4 is 33.2 Å². The van der Waals surface area contributed by atoms with Crippen LogP contribution in [-0.2, 0) is 15.8 Å². The summed E-state index contributed by atoms with van der Waals surface area (Å²) in [5.41, 5.74) is 6.71. The Morgan fingerprint density at radius 3 is 2.62 bits per heavy atom. The number of nitrogens with two attached hydrogens (primary N) is 1. The molecule has 2 heterocycles. The molecule has 3 rings (SSSR count). The monoisotopic (exact) mass is 363 g/mol. The fourth-order valence-corrected chi connectivity index (χ4v) is 3.92. The number of carbonyl (C=O) groups is 1. The molecule has 1 aromatic carbocycles. The molecule has 2 aromatic heterocycles. The first-order chi connectivity index (χ1) is 11.5. The zero-order valence-corrected chi connectivity index (χ0v) is 13.9. The molecular weight excluding hydrogens is 350 g/mol. The summed E-state index contributed by atoms with van der Waals surface area (Å²) >= 11 is 1.41. The van der Waals surface area contributed by atoms with Crippen molar-refractivity contribution in [2.45, 2.75) is 5.75 Å². The molecule has 3 N–H and O–H groups in total. The van der Waals surface area contributed by atoms with Gasteiger partial charge in [0.25, 0.3) is 11.8 Å². The molecule has 24 heavy (non-hydrogen) atoms. The van der Waals surface area contributed by atoms with Crippen LogP contribution in [-0.4, -0.2) is 19.5 Å². The topological polar surface area (TPSA) is 115 Å². The lowest BCUT2D eigenvalue weighted by Crippen LogP contribution is -2.19. The molecule has 9 heteroatoms. The van der Waals surface area contributed by atoms with E-state index in [-0.39, 0.29) is 22.9 Å². The van der Waals surface area contributed by atoms with E-state index in [1.165, 1.54) is 11.3 Å². The first-order valence-electron chi connectivity index (χ1n) is 6.83. The number of hydrogen-bond acceptors (Lipinski definition) is 6. The van der Waals surface area contributed by atoms with Crippen molar-refractivity contribution in [2.75, 3.05) is 4.72 Å². The third-order valence-corrected chi connectivity index (χ3v) is 5.07. The second-order valence-electron chi connectivity index (χ2n) is 4.96. The minimum Gasteiger partial charge on any atom is -0.365 e. The lowest BCUT2D eigenvalue weighted by Gasteiger charge is -2.06. The van der Waals surface area contributed by atoms with Gasteiger partial charge in [0.15, 0.2) is 0 Å². The van der Waals surface area contributed by atoms with Gasteiger partial charge in [0.1, 0.15) is 11.3 Å². The Hall–Kier alpha value is -2.65. The zero-order chi connectivity index (χ0) is 17.2. The number of thiophene rings is 1. The second-order valence-corrected chi connectivity index (χ2v) is 7.46. The Balaban J connectivity index is 1.91. The van der Waals surface area contributed by atoms with Gasteiger partial charge in [-0.3, -0.25) is 4.79 Å². The lowest BCUT2D eigenvalue weighted by molar-refractivity contribution is 0.100. The van der Waals surface area contributed by atoms with E-state index < -0.39 is 15.9 Å². The highest BCUT2D eigenvalue weighted by Crippen LogP contribution is 2.30. The average molecular weight is 363 g/mol. The number of hydrogen-bond donors (Lipinski definition) is 2. The van der Waals surface area contributed by atoms with Crippen molar-refractivity contribution in [1.82, 2.24) is 5.16 Å². The molecule has 0 saturated heterocycles. The normalized spacial score (nSPS) is 11.3. The van der Waals surface area contributed by atoms with Gasteiger partial charge >= 0.3 is 0 Å². The summed E-state index contributed by atoms with van der Waals surface area (Å²) in [4.78, 5) is 11.7. The van der Waals surface area contributed by atoms with Gasteiger partial charge in [-0.1, -0.05) is 35.5 Å². The summed E-state index contributed by atoms with van der Waals surface area (Å²) in [5.74, 6) is -1.37. The Labute approximate surface area is 142 Å². The summed E-state index contributed by atoms with van der Waals surface area (Å²) in [6, 6.07) is 10.4. The Kier molecular flexibility index (Phi) is 4.36. The third-order valence-electron chi connectivity index (χ3n) is 3.18. The van der Waals surface area contributed by atoms with Crippen LogP contribution in [0.3, 0.4) is 0 Å². The maximum absolute atomic E-state index is 12.3. The quantitative estimate of drug-likeness (QED) is 0.698. The molecule has 0 aliphatic heterocycles. The molecule has 0 radical (unpaired) electrons. The van der Waals surface area contributed by atoms with Crippen LogP contribution in [0.2, 0.25) is 0 Å². The first-order valence-corrected chi connectivity index (χ1v) is 9.42. The van der Waals surface area contributed by atoms with Crippen LogP contribution in [0.25, 0.3) is 11.3 Å². The predicted molar refractivity (Wildman–Crippen MR) is 91.0 cm³/mol. The van der Waals surface area contributed by atoms with Crippen LogP contribution in [0.4, 0.5) is 5.88 Å². The van der Waals surface area contributed by atoms with Crippen molar-refractivity contribution < 1.29 is 17.7 Å². The van der Waals surface area contributed by atoms with E-state index >= 15 is 0 Å². The largest absolute Gasteiger partial charge is 0.365 e. The van der Waals surface area contributed by atoms with Gasteiger partial charge in [0.05, 0.1) is 5.75 Å². The van der Waals surface area contributed by atoms with E-state index in [0.29, 0.717) is 11.1 Å². The SMILES string of the molecule is NC(=O)c1c(-c2ccsc2)noc1NS(=O)(=O)Cc1ccccc1. The molecule has 0 bridgehead atoms. The van der Waals surface area contributed by atoms with E-state index in [1.807, 2.05) is 0 Å². The number of rotatable bonds is 6. The average Bonchev–Trinajstić information content (AvgIpc) is 3.16. The lowest BCUT2D eigenvalue weighted by atomic mass is 10.1. The maximum atomic E-state index is 12.3. The summed E-state index contributed by atoms with van der Waals surface area (Å²) < 4.78 is 31.8. The molecule has 0 fully saturated rings. The Morgan fingerprint density at radius 2 is 2.00 bits per heavy atom. The molecular formula is C15H13N3O4S2. The minimum absolute atomic E-state index is 0.0926. The number of benzene rings is 1. The minimum atomic E-state index is -3.79. The molecule has 7 nitrogen and oxygen atoms in total. The van der Waals surface area contributed by atoms with Crippen molar-refractivity contribution in [1.29, 1.82) is 0 Å². The van der Waals surface area contributed by atoms with Crippen LogP contribution in [0.1, 0.15) is 15.9 Å². The Bertz CT molecular complexity index is 948. The van der Waals surface area contributed by atoms with Crippen LogP contribution in [0.15, 0.2) is 51.7 Å². The number of nitrogens with zero attached hydrogens (tertiary/aromatic N) is 1. The molecule has 124 valence electrons. The van der Waals surface area contributed by atoms with Gasteiger partial charge in [-0.05, 0) is 17.0 Å². The van der Waals surface area contributed by atoms with Crippen LogP contribution in [0, 0.1) is 0 Å². The second kappa shape index (κ2) is 6.46. The van der Waals surface area contributed by atoms with Crippen molar-refractivity contribution in [3.05, 3.63) is 58.3 Å². The number of nitrogens with one attached hydrogen (secondary N) is 1. The van der Waals surface area contributed by atoms with E-state index in [1.54, 1.807) is 47.2 Å². The summed E-state index contributed by atoms with van der Waals surface area (Å²) in [6.45, 7) is 0. The van der Waals surface area contributed by atoms with Crippen molar-refractivity contribution in [3.63, 3.8) is 0 Å². The van der Waals surface area contributed by atoms with Gasteiger partial charge in [0, 0.05) is 10.9 Å². The predicted octanol–water partition coefficient (Wildman–Crippen LogP) is 2.44. The maximum Gasteiger partial charge on any atom is 0.256 e. The molecule has 0 unspecified atom stereocenters. The van der Waals surface area contributed by atoms with E-state index in [0.717, 1.165) is 0 Å². The number of carbonyl (C=O) groups excluding carboxylic acids is 1. The van der Waals surface area contributed by atoms with Crippen molar-refractivity contribution in [2.24, 2.45) is 5.73 Å². The number of aromatic nitrogens is 1. The molecule has 0 aliphatic carbocycles. The number of sulfonamides is 1. The summed E-state index contributed by atoms with van der Waals surface area (Å²) in [6.07, 6.45) is 0. The van der Waals surface area contributed by atoms with E-state index in [9.17, 15) is 13.2 Å². The number of primary amides is 1. The van der Waals surface area contributed by atoms with Gasteiger partial charge in [-0.15, -0.1) is 0 Å². The molecule has 0 atom stereocenters.